The van der Waals surface area contributed by atoms with E-state index < -0.39 is 9.73 Å². The van der Waals surface area contributed by atoms with E-state index in [1.807, 2.05) is 60.7 Å². The Morgan fingerprint density at radius 3 is 2.50 bits per heavy atom. The van der Waals surface area contributed by atoms with Gasteiger partial charge in [-0.2, -0.15) is 4.36 Å². The minimum Gasteiger partial charge on any atom is -0.254 e. The molecule has 0 bridgehead atoms. The molecule has 0 aliphatic carbocycles. The fourth-order valence-electron chi connectivity index (χ4n) is 2.08. The molecule has 2 aromatic carbocycles. The second-order valence-corrected chi connectivity index (χ2v) is 6.82. The number of pyridine rings is 1. The lowest BCUT2D eigenvalue weighted by atomic mass is 10.2. The molecular weight excluding hydrogens is 268 g/mol. The lowest BCUT2D eigenvalue weighted by Crippen LogP contribution is -1.96. The number of para-hydroxylation sites is 1. The third-order valence-electron chi connectivity index (χ3n) is 3.06. The van der Waals surface area contributed by atoms with Crippen molar-refractivity contribution >= 4 is 26.3 Å². The molecule has 3 aromatic rings. The van der Waals surface area contributed by atoms with Crippen LogP contribution in [-0.4, -0.2) is 15.4 Å². The molecule has 0 radical (unpaired) electrons. The Balaban J connectivity index is 2.22. The minimum absolute atomic E-state index is 0.666. The van der Waals surface area contributed by atoms with Crippen LogP contribution in [0.2, 0.25) is 0 Å². The van der Waals surface area contributed by atoms with E-state index in [1.165, 1.54) is 0 Å². The Morgan fingerprint density at radius 2 is 1.70 bits per heavy atom. The molecule has 0 aliphatic heterocycles. The quantitative estimate of drug-likeness (QED) is 0.712. The summed E-state index contributed by atoms with van der Waals surface area (Å²) < 4.78 is 17.3. The van der Waals surface area contributed by atoms with Crippen molar-refractivity contribution in [2.24, 2.45) is 4.36 Å². The van der Waals surface area contributed by atoms with Crippen LogP contribution in [0.15, 0.2) is 76.1 Å². The van der Waals surface area contributed by atoms with E-state index in [0.717, 1.165) is 15.8 Å². The first-order valence-corrected chi connectivity index (χ1v) is 8.20. The molecule has 0 fully saturated rings. The molecule has 4 heteroatoms. The maximum atomic E-state index is 12.8. The van der Waals surface area contributed by atoms with Crippen molar-refractivity contribution in [2.45, 2.75) is 4.90 Å². The third-order valence-corrected chi connectivity index (χ3v) is 4.76. The molecular formula is C16H14N2OS. The van der Waals surface area contributed by atoms with Gasteiger partial charge in [-0.15, -0.1) is 0 Å². The minimum atomic E-state index is -2.47. The summed E-state index contributed by atoms with van der Waals surface area (Å²) in [5.41, 5.74) is 1.44. The molecule has 0 N–H and O–H groups in total. The average Bonchev–Trinajstić information content (AvgIpc) is 2.48. The lowest BCUT2D eigenvalue weighted by molar-refractivity contribution is 0.681. The van der Waals surface area contributed by atoms with Crippen molar-refractivity contribution < 1.29 is 4.21 Å². The van der Waals surface area contributed by atoms with E-state index in [2.05, 4.69) is 9.35 Å². The number of fused-ring (bicyclic) bond motifs is 1. The summed E-state index contributed by atoms with van der Waals surface area (Å²) >= 11 is 0. The summed E-state index contributed by atoms with van der Waals surface area (Å²) in [4.78, 5) is 5.07. The summed E-state index contributed by atoms with van der Waals surface area (Å²) in [6.07, 6.45) is 3.38. The van der Waals surface area contributed by atoms with Gasteiger partial charge in [0.05, 0.1) is 20.9 Å². The Kier molecular flexibility index (Phi) is 3.24. The monoisotopic (exact) mass is 282 g/mol. The fraction of sp³-hybridized carbons (Fsp3) is 0.0625. The Hall–Kier alpha value is -2.20. The first-order valence-electron chi connectivity index (χ1n) is 6.28. The molecule has 3 nitrogen and oxygen atoms in total. The molecule has 20 heavy (non-hydrogen) atoms. The molecule has 0 amide bonds. The number of hydrogen-bond donors (Lipinski definition) is 0. The Bertz CT molecular complexity index is 861. The average molecular weight is 282 g/mol. The van der Waals surface area contributed by atoms with Gasteiger partial charge in [-0.25, -0.2) is 4.21 Å². The van der Waals surface area contributed by atoms with E-state index in [0.29, 0.717) is 5.69 Å². The maximum Gasteiger partial charge on any atom is 0.0996 e. The van der Waals surface area contributed by atoms with Gasteiger partial charge in [-0.05, 0) is 24.3 Å². The van der Waals surface area contributed by atoms with Crippen LogP contribution in [-0.2, 0) is 9.73 Å². The Labute approximate surface area is 118 Å². The number of hydrogen-bond acceptors (Lipinski definition) is 3. The molecule has 0 saturated carbocycles. The fourth-order valence-corrected chi connectivity index (χ4v) is 3.37. The van der Waals surface area contributed by atoms with Crippen molar-refractivity contribution in [1.29, 1.82) is 0 Å². The van der Waals surface area contributed by atoms with Crippen LogP contribution in [0.3, 0.4) is 0 Å². The van der Waals surface area contributed by atoms with Crippen molar-refractivity contribution in [2.75, 3.05) is 6.26 Å². The molecule has 1 heterocycles. The molecule has 1 aromatic heterocycles. The van der Waals surface area contributed by atoms with Gasteiger partial charge in [0.15, 0.2) is 0 Å². The van der Waals surface area contributed by atoms with Crippen molar-refractivity contribution in [3.8, 4) is 0 Å². The topological polar surface area (TPSA) is 42.3 Å². The largest absolute Gasteiger partial charge is 0.254 e. The van der Waals surface area contributed by atoms with Crippen LogP contribution < -0.4 is 0 Å². The predicted molar refractivity (Wildman–Crippen MR) is 82.6 cm³/mol. The first-order chi connectivity index (χ1) is 9.67. The van der Waals surface area contributed by atoms with Crippen LogP contribution >= 0.6 is 0 Å². The summed E-state index contributed by atoms with van der Waals surface area (Å²) in [7, 11) is -2.47. The molecule has 1 atom stereocenters. The summed E-state index contributed by atoms with van der Waals surface area (Å²) in [6.45, 7) is 0. The molecule has 0 aliphatic rings. The standard InChI is InChI=1S/C16H14N2OS/c1-20(19,14-9-3-2-4-10-14)18-15-11-5-7-13-8-6-12-17-16(13)15/h2-12H,1H3. The van der Waals surface area contributed by atoms with E-state index >= 15 is 0 Å². The smallest absolute Gasteiger partial charge is 0.0996 e. The zero-order valence-corrected chi connectivity index (χ0v) is 11.9. The SMILES string of the molecule is CS(=O)(=Nc1cccc2cccnc12)c1ccccc1. The normalized spacial score (nSPS) is 13.8. The zero-order valence-electron chi connectivity index (χ0n) is 11.1. The van der Waals surface area contributed by atoms with Crippen molar-refractivity contribution in [1.82, 2.24) is 4.98 Å². The second kappa shape index (κ2) is 5.06. The molecule has 0 spiro atoms. The highest BCUT2D eigenvalue weighted by Gasteiger charge is 2.07. The number of benzene rings is 2. The predicted octanol–water partition coefficient (Wildman–Crippen LogP) is 4.02. The van der Waals surface area contributed by atoms with E-state index in [1.54, 1.807) is 12.5 Å². The van der Waals surface area contributed by atoms with E-state index in [9.17, 15) is 4.21 Å². The van der Waals surface area contributed by atoms with Crippen LogP contribution in [0.1, 0.15) is 0 Å². The van der Waals surface area contributed by atoms with Gasteiger partial charge >= 0.3 is 0 Å². The third kappa shape index (κ3) is 2.42. The summed E-state index contributed by atoms with van der Waals surface area (Å²) in [6, 6.07) is 18.9. The summed E-state index contributed by atoms with van der Waals surface area (Å²) in [5, 5.41) is 0.997. The van der Waals surface area contributed by atoms with Crippen molar-refractivity contribution in [3.63, 3.8) is 0 Å². The molecule has 0 saturated heterocycles. The van der Waals surface area contributed by atoms with Gasteiger partial charge in [0.1, 0.15) is 0 Å². The maximum absolute atomic E-state index is 12.8. The lowest BCUT2D eigenvalue weighted by Gasteiger charge is -2.06. The Morgan fingerprint density at radius 1 is 0.950 bits per heavy atom. The van der Waals surface area contributed by atoms with Gasteiger partial charge in [0.2, 0.25) is 0 Å². The number of rotatable bonds is 2. The highest BCUT2D eigenvalue weighted by Crippen LogP contribution is 2.26. The highest BCUT2D eigenvalue weighted by atomic mass is 32.2. The molecule has 100 valence electrons. The van der Waals surface area contributed by atoms with Crippen LogP contribution in [0.4, 0.5) is 5.69 Å². The van der Waals surface area contributed by atoms with Crippen LogP contribution in [0, 0.1) is 0 Å². The number of aromatic nitrogens is 1. The van der Waals surface area contributed by atoms with Gasteiger partial charge < -0.3 is 0 Å². The molecule has 3 rings (SSSR count). The van der Waals surface area contributed by atoms with Crippen molar-refractivity contribution in [3.05, 3.63) is 66.9 Å². The van der Waals surface area contributed by atoms with Gasteiger partial charge in [-0.1, -0.05) is 36.4 Å². The molecule has 1 unspecified atom stereocenters. The number of nitrogens with zero attached hydrogens (tertiary/aromatic N) is 2. The van der Waals surface area contributed by atoms with Crippen LogP contribution in [0.25, 0.3) is 10.9 Å². The van der Waals surface area contributed by atoms with Gasteiger partial charge in [0.25, 0.3) is 0 Å². The second-order valence-electron chi connectivity index (χ2n) is 4.56. The van der Waals surface area contributed by atoms with E-state index in [-0.39, 0.29) is 0 Å². The highest BCUT2D eigenvalue weighted by molar-refractivity contribution is 7.93. The zero-order chi connectivity index (χ0) is 14.0. The van der Waals surface area contributed by atoms with Crippen LogP contribution in [0.5, 0.6) is 0 Å². The first kappa shape index (κ1) is 12.8. The van der Waals surface area contributed by atoms with E-state index in [4.69, 9.17) is 0 Å². The van der Waals surface area contributed by atoms with Gasteiger partial charge in [0, 0.05) is 22.7 Å². The van der Waals surface area contributed by atoms with Gasteiger partial charge in [-0.3, -0.25) is 4.98 Å². The summed E-state index contributed by atoms with van der Waals surface area (Å²) in [5.74, 6) is 0.